The first kappa shape index (κ1) is 21.1. The Bertz CT molecular complexity index is 965. The molecule has 1 amide bonds. The van der Waals surface area contributed by atoms with Crippen molar-refractivity contribution in [3.8, 4) is 0 Å². The first-order valence-corrected chi connectivity index (χ1v) is 11.4. The van der Waals surface area contributed by atoms with E-state index in [0.29, 0.717) is 39.9 Å². The van der Waals surface area contributed by atoms with Crippen LogP contribution in [-0.2, 0) is 10.0 Å². The molecule has 1 heterocycles. The summed E-state index contributed by atoms with van der Waals surface area (Å²) >= 11 is 11.9. The lowest BCUT2D eigenvalue weighted by molar-refractivity contribution is 0.102. The molecule has 0 aromatic heterocycles. The van der Waals surface area contributed by atoms with Crippen LogP contribution in [0.5, 0.6) is 0 Å². The van der Waals surface area contributed by atoms with Gasteiger partial charge in [-0.2, -0.15) is 4.31 Å². The number of halogens is 2. The minimum absolute atomic E-state index is 0.219. The van der Waals surface area contributed by atoms with Crippen molar-refractivity contribution in [1.29, 1.82) is 0 Å². The van der Waals surface area contributed by atoms with Gasteiger partial charge in [-0.3, -0.25) is 4.79 Å². The van der Waals surface area contributed by atoms with Crippen LogP contribution in [-0.4, -0.2) is 31.7 Å². The molecule has 2 aromatic rings. The van der Waals surface area contributed by atoms with Crippen LogP contribution in [0.4, 0.5) is 5.69 Å². The molecule has 0 spiro atoms. The van der Waals surface area contributed by atoms with Crippen molar-refractivity contribution >= 4 is 44.8 Å². The molecular formula is C20H22Cl2N2O3S. The Morgan fingerprint density at radius 1 is 0.964 bits per heavy atom. The molecule has 1 aliphatic heterocycles. The monoisotopic (exact) mass is 440 g/mol. The molecule has 0 atom stereocenters. The van der Waals surface area contributed by atoms with Gasteiger partial charge in [0, 0.05) is 34.4 Å². The summed E-state index contributed by atoms with van der Waals surface area (Å²) in [6.07, 6.45) is 3.82. The summed E-state index contributed by atoms with van der Waals surface area (Å²) in [5, 5.41) is 3.43. The molecule has 0 bridgehead atoms. The molecule has 3 rings (SSSR count). The van der Waals surface area contributed by atoms with Crippen LogP contribution >= 0.6 is 23.2 Å². The molecule has 28 heavy (non-hydrogen) atoms. The summed E-state index contributed by atoms with van der Waals surface area (Å²) in [4.78, 5) is 12.7. The van der Waals surface area contributed by atoms with E-state index in [1.807, 2.05) is 0 Å². The molecule has 0 radical (unpaired) electrons. The summed E-state index contributed by atoms with van der Waals surface area (Å²) in [6.45, 7) is 2.81. The third-order valence-electron chi connectivity index (χ3n) is 4.75. The normalized spacial score (nSPS) is 15.8. The minimum Gasteiger partial charge on any atom is -0.322 e. The van der Waals surface area contributed by atoms with E-state index in [-0.39, 0.29) is 4.90 Å². The average molecular weight is 441 g/mol. The van der Waals surface area contributed by atoms with Crippen LogP contribution in [0.25, 0.3) is 0 Å². The number of carbonyl (C=O) groups is 1. The van der Waals surface area contributed by atoms with Gasteiger partial charge in [-0.05, 0) is 55.7 Å². The third-order valence-corrected chi connectivity index (χ3v) is 7.23. The van der Waals surface area contributed by atoms with Crippen molar-refractivity contribution in [2.24, 2.45) is 0 Å². The predicted octanol–water partition coefficient (Wildman–Crippen LogP) is 5.12. The number of carbonyl (C=O) groups excluding carboxylic acids is 1. The number of nitrogens with zero attached hydrogens (tertiary/aromatic N) is 1. The molecule has 8 heteroatoms. The molecule has 2 aromatic carbocycles. The highest BCUT2D eigenvalue weighted by Crippen LogP contribution is 2.26. The Kier molecular flexibility index (Phi) is 6.65. The average Bonchev–Trinajstić information content (AvgIpc) is 2.92. The first-order chi connectivity index (χ1) is 13.3. The summed E-state index contributed by atoms with van der Waals surface area (Å²) in [7, 11) is -3.61. The Balaban J connectivity index is 1.87. The molecule has 150 valence electrons. The molecule has 1 saturated heterocycles. The second-order valence-corrected chi connectivity index (χ2v) is 9.69. The predicted molar refractivity (Wildman–Crippen MR) is 113 cm³/mol. The van der Waals surface area contributed by atoms with Crippen LogP contribution in [0.3, 0.4) is 0 Å². The van der Waals surface area contributed by atoms with E-state index in [4.69, 9.17) is 23.2 Å². The van der Waals surface area contributed by atoms with Gasteiger partial charge in [0.2, 0.25) is 10.0 Å². The lowest BCUT2D eigenvalue weighted by atomic mass is 10.2. The van der Waals surface area contributed by atoms with Crippen molar-refractivity contribution in [2.75, 3.05) is 18.4 Å². The van der Waals surface area contributed by atoms with E-state index in [0.717, 1.165) is 25.7 Å². The van der Waals surface area contributed by atoms with Gasteiger partial charge in [-0.1, -0.05) is 42.1 Å². The maximum Gasteiger partial charge on any atom is 0.255 e. The molecular weight excluding hydrogens is 419 g/mol. The van der Waals surface area contributed by atoms with Crippen molar-refractivity contribution in [2.45, 2.75) is 37.5 Å². The molecule has 0 saturated carbocycles. The zero-order valence-electron chi connectivity index (χ0n) is 15.5. The Labute approximate surface area is 175 Å². The van der Waals surface area contributed by atoms with Crippen LogP contribution in [0.1, 0.15) is 41.6 Å². The number of hydrogen-bond acceptors (Lipinski definition) is 3. The van der Waals surface area contributed by atoms with Gasteiger partial charge in [0.05, 0.1) is 4.90 Å². The largest absolute Gasteiger partial charge is 0.322 e. The second kappa shape index (κ2) is 8.82. The van der Waals surface area contributed by atoms with Crippen LogP contribution < -0.4 is 5.32 Å². The number of nitrogens with one attached hydrogen (secondary N) is 1. The quantitative estimate of drug-likeness (QED) is 0.716. The van der Waals surface area contributed by atoms with Gasteiger partial charge in [-0.15, -0.1) is 0 Å². The van der Waals surface area contributed by atoms with E-state index >= 15 is 0 Å². The highest BCUT2D eigenvalue weighted by atomic mass is 35.5. The smallest absolute Gasteiger partial charge is 0.255 e. The van der Waals surface area contributed by atoms with Gasteiger partial charge in [0.1, 0.15) is 0 Å². The highest BCUT2D eigenvalue weighted by Gasteiger charge is 2.27. The van der Waals surface area contributed by atoms with Crippen LogP contribution in [0.15, 0.2) is 41.3 Å². The number of benzene rings is 2. The van der Waals surface area contributed by atoms with Gasteiger partial charge in [0.25, 0.3) is 5.91 Å². The van der Waals surface area contributed by atoms with E-state index in [2.05, 4.69) is 5.32 Å². The standard InChI is InChI=1S/C20H22Cl2N2O3S/c1-14-6-7-18(23-20(25)15-10-16(21)12-17(22)11-15)13-19(14)28(26,27)24-8-4-2-3-5-9-24/h6-7,10-13H,2-5,8-9H2,1H3,(H,23,25). The lowest BCUT2D eigenvalue weighted by Crippen LogP contribution is -2.32. The topological polar surface area (TPSA) is 66.5 Å². The lowest BCUT2D eigenvalue weighted by Gasteiger charge is -2.21. The maximum atomic E-state index is 13.1. The maximum absolute atomic E-state index is 13.1. The zero-order valence-corrected chi connectivity index (χ0v) is 17.9. The van der Waals surface area contributed by atoms with Gasteiger partial charge < -0.3 is 5.32 Å². The van der Waals surface area contributed by atoms with Crippen molar-refractivity contribution in [3.63, 3.8) is 0 Å². The molecule has 1 fully saturated rings. The summed E-state index contributed by atoms with van der Waals surface area (Å²) in [6, 6.07) is 9.45. The number of anilines is 1. The number of sulfonamides is 1. The number of aryl methyl sites for hydroxylation is 1. The fourth-order valence-corrected chi connectivity index (χ4v) is 5.56. The molecule has 1 aliphatic rings. The number of hydrogen-bond donors (Lipinski definition) is 1. The fourth-order valence-electron chi connectivity index (χ4n) is 3.27. The van der Waals surface area contributed by atoms with Crippen molar-refractivity contribution < 1.29 is 13.2 Å². The fraction of sp³-hybridized carbons (Fsp3) is 0.350. The zero-order chi connectivity index (χ0) is 20.3. The Hall–Kier alpha value is -1.60. The van der Waals surface area contributed by atoms with Gasteiger partial charge in [-0.25, -0.2) is 8.42 Å². The van der Waals surface area contributed by atoms with Gasteiger partial charge in [0.15, 0.2) is 0 Å². The molecule has 0 unspecified atom stereocenters. The third kappa shape index (κ3) is 4.87. The van der Waals surface area contributed by atoms with E-state index in [9.17, 15) is 13.2 Å². The number of rotatable bonds is 4. The molecule has 1 N–H and O–H groups in total. The summed E-state index contributed by atoms with van der Waals surface area (Å²) in [5.74, 6) is -0.411. The summed E-state index contributed by atoms with van der Waals surface area (Å²) < 4.78 is 27.8. The Morgan fingerprint density at radius 3 is 2.18 bits per heavy atom. The first-order valence-electron chi connectivity index (χ1n) is 9.15. The Morgan fingerprint density at radius 2 is 1.57 bits per heavy atom. The molecule has 0 aliphatic carbocycles. The highest BCUT2D eigenvalue weighted by molar-refractivity contribution is 7.89. The van der Waals surface area contributed by atoms with Crippen molar-refractivity contribution in [3.05, 3.63) is 57.6 Å². The van der Waals surface area contributed by atoms with E-state index < -0.39 is 15.9 Å². The van der Waals surface area contributed by atoms with Crippen molar-refractivity contribution in [1.82, 2.24) is 4.31 Å². The van der Waals surface area contributed by atoms with Crippen LogP contribution in [0, 0.1) is 6.92 Å². The van der Waals surface area contributed by atoms with E-state index in [1.54, 1.807) is 23.4 Å². The van der Waals surface area contributed by atoms with E-state index in [1.165, 1.54) is 24.3 Å². The SMILES string of the molecule is Cc1ccc(NC(=O)c2cc(Cl)cc(Cl)c2)cc1S(=O)(=O)N1CCCCCC1. The minimum atomic E-state index is -3.61. The second-order valence-electron chi connectivity index (χ2n) is 6.91. The molecule has 5 nitrogen and oxygen atoms in total. The van der Waals surface area contributed by atoms with Gasteiger partial charge >= 0.3 is 0 Å². The number of amides is 1. The van der Waals surface area contributed by atoms with Crippen LogP contribution in [0.2, 0.25) is 10.0 Å². The summed E-state index contributed by atoms with van der Waals surface area (Å²) in [5.41, 5.74) is 1.35.